The number of methoxy groups -OCH3 is 1. The summed E-state index contributed by atoms with van der Waals surface area (Å²) in [6.07, 6.45) is 8.62. The summed E-state index contributed by atoms with van der Waals surface area (Å²) in [4.78, 5) is 22.5. The Morgan fingerprint density at radius 3 is 2.00 bits per heavy atom. The van der Waals surface area contributed by atoms with Gasteiger partial charge in [-0.05, 0) is 41.7 Å². The lowest BCUT2D eigenvalue weighted by molar-refractivity contribution is -0.131. The van der Waals surface area contributed by atoms with Crippen molar-refractivity contribution in [3.63, 3.8) is 0 Å². The molecule has 1 unspecified atom stereocenters. The van der Waals surface area contributed by atoms with Gasteiger partial charge in [0.25, 0.3) is 0 Å². The van der Waals surface area contributed by atoms with Crippen molar-refractivity contribution >= 4 is 17.8 Å². The topological polar surface area (TPSA) is 63.6 Å². The molecule has 0 radical (unpaired) electrons. The average Bonchev–Trinajstić information content (AvgIpc) is 2.90. The zero-order chi connectivity index (χ0) is 25.5. The van der Waals surface area contributed by atoms with Crippen LogP contribution in [0.15, 0.2) is 84.9 Å². The van der Waals surface area contributed by atoms with E-state index in [0.29, 0.717) is 5.92 Å². The Balaban J connectivity index is 0.000000266. The summed E-state index contributed by atoms with van der Waals surface area (Å²) >= 11 is 0. The summed E-state index contributed by atoms with van der Waals surface area (Å²) in [5, 5.41) is 8.71. The molecular weight excluding hydrogens is 436 g/mol. The quantitative estimate of drug-likeness (QED) is 0.232. The van der Waals surface area contributed by atoms with Gasteiger partial charge in [-0.15, -0.1) is 0 Å². The molecule has 4 nitrogen and oxygen atoms in total. The van der Waals surface area contributed by atoms with Crippen molar-refractivity contribution in [2.24, 2.45) is 5.92 Å². The molecule has 0 fully saturated rings. The fraction of sp³-hybridized carbons (Fsp3) is 0.290. The number of unbranched alkanes of at least 4 members (excludes halogenated alkanes) is 1. The fourth-order valence-electron chi connectivity index (χ4n) is 3.83. The number of hydrogen-bond acceptors (Lipinski definition) is 3. The van der Waals surface area contributed by atoms with Crippen LogP contribution in [0.1, 0.15) is 66.6 Å². The Kier molecular flexibility index (Phi) is 12.0. The predicted octanol–water partition coefficient (Wildman–Crippen LogP) is 7.47. The summed E-state index contributed by atoms with van der Waals surface area (Å²) in [6.45, 7) is 4.44. The maximum absolute atomic E-state index is 11.8. The molecule has 1 N–H and O–H groups in total. The molecule has 3 aromatic rings. The Bertz CT molecular complexity index is 1030. The molecule has 35 heavy (non-hydrogen) atoms. The second-order valence-electron chi connectivity index (χ2n) is 8.42. The lowest BCUT2D eigenvalue weighted by Crippen LogP contribution is -2.05. The minimum Gasteiger partial charge on any atom is -0.496 e. The molecule has 0 heterocycles. The number of ether oxygens (including phenoxy) is 1. The highest BCUT2D eigenvalue weighted by molar-refractivity contribution is 6.08. The molecule has 0 saturated heterocycles. The van der Waals surface area contributed by atoms with Crippen LogP contribution < -0.4 is 4.74 Å². The van der Waals surface area contributed by atoms with Crippen LogP contribution >= 0.6 is 0 Å². The Hall–Kier alpha value is -3.66. The predicted molar refractivity (Wildman–Crippen MR) is 143 cm³/mol. The summed E-state index contributed by atoms with van der Waals surface area (Å²) in [7, 11) is 1.68. The van der Waals surface area contributed by atoms with Crippen molar-refractivity contribution in [3.8, 4) is 5.75 Å². The molecule has 0 saturated carbocycles. The van der Waals surface area contributed by atoms with Crippen LogP contribution in [-0.4, -0.2) is 24.0 Å². The maximum Gasteiger partial charge on any atom is 0.328 e. The summed E-state index contributed by atoms with van der Waals surface area (Å²) < 4.78 is 5.44. The van der Waals surface area contributed by atoms with Crippen molar-refractivity contribution in [3.05, 3.63) is 107 Å². The maximum atomic E-state index is 11.8. The highest BCUT2D eigenvalue weighted by atomic mass is 16.5. The number of carbonyl (C=O) groups excluding carboxylic acids is 1. The van der Waals surface area contributed by atoms with E-state index in [4.69, 9.17) is 9.84 Å². The van der Waals surface area contributed by atoms with Crippen LogP contribution in [-0.2, 0) is 11.2 Å². The molecule has 0 aliphatic carbocycles. The van der Waals surface area contributed by atoms with E-state index in [2.05, 4.69) is 13.8 Å². The third kappa shape index (κ3) is 9.62. The van der Waals surface area contributed by atoms with E-state index in [0.717, 1.165) is 40.8 Å². The van der Waals surface area contributed by atoms with Gasteiger partial charge in [-0.3, -0.25) is 4.79 Å². The van der Waals surface area contributed by atoms with E-state index in [1.165, 1.54) is 25.3 Å². The van der Waals surface area contributed by atoms with Gasteiger partial charge in [0.05, 0.1) is 7.11 Å². The Morgan fingerprint density at radius 2 is 1.51 bits per heavy atom. The van der Waals surface area contributed by atoms with Crippen LogP contribution in [0, 0.1) is 5.92 Å². The summed E-state index contributed by atoms with van der Waals surface area (Å²) in [5.41, 5.74) is 3.53. The molecule has 0 aliphatic heterocycles. The first-order valence-corrected chi connectivity index (χ1v) is 12.2. The third-order valence-corrected chi connectivity index (χ3v) is 5.85. The van der Waals surface area contributed by atoms with Gasteiger partial charge in [0.2, 0.25) is 0 Å². The van der Waals surface area contributed by atoms with E-state index in [9.17, 15) is 9.59 Å². The van der Waals surface area contributed by atoms with Crippen molar-refractivity contribution in [2.75, 3.05) is 7.11 Å². The lowest BCUT2D eigenvalue weighted by atomic mass is 9.91. The second kappa shape index (κ2) is 15.3. The smallest absolute Gasteiger partial charge is 0.328 e. The second-order valence-corrected chi connectivity index (χ2v) is 8.42. The lowest BCUT2D eigenvalue weighted by Gasteiger charge is -2.17. The van der Waals surface area contributed by atoms with Crippen molar-refractivity contribution in [2.45, 2.75) is 46.0 Å². The number of ketones is 1. The Labute approximate surface area is 209 Å². The minimum atomic E-state index is -0.929. The van der Waals surface area contributed by atoms with Gasteiger partial charge in [0, 0.05) is 17.2 Å². The number of benzene rings is 3. The van der Waals surface area contributed by atoms with Crippen LogP contribution in [0.4, 0.5) is 0 Å². The first kappa shape index (κ1) is 27.6. The molecule has 0 aliphatic rings. The SMILES string of the molecule is CCCCC(CC)Cc1cc(C=CC(=O)O)ccc1OC.O=C(c1ccccc1)c1ccccc1. The Morgan fingerprint density at radius 1 is 0.914 bits per heavy atom. The number of carboxylic acids is 1. The molecule has 0 aromatic heterocycles. The van der Waals surface area contributed by atoms with Crippen LogP contribution in [0.25, 0.3) is 6.08 Å². The minimum absolute atomic E-state index is 0.0752. The summed E-state index contributed by atoms with van der Waals surface area (Å²) in [5.74, 6) is 0.683. The molecule has 0 amide bonds. The van der Waals surface area contributed by atoms with Gasteiger partial charge in [-0.1, -0.05) is 106 Å². The number of aliphatic carboxylic acids is 1. The van der Waals surface area contributed by atoms with Crippen molar-refractivity contribution < 1.29 is 19.4 Å². The van der Waals surface area contributed by atoms with Gasteiger partial charge >= 0.3 is 5.97 Å². The largest absolute Gasteiger partial charge is 0.496 e. The van der Waals surface area contributed by atoms with Crippen molar-refractivity contribution in [1.29, 1.82) is 0 Å². The van der Waals surface area contributed by atoms with Gasteiger partial charge in [-0.2, -0.15) is 0 Å². The monoisotopic (exact) mass is 472 g/mol. The average molecular weight is 473 g/mol. The highest BCUT2D eigenvalue weighted by Gasteiger charge is 2.11. The van der Waals surface area contributed by atoms with Gasteiger partial charge in [0.1, 0.15) is 5.75 Å². The fourth-order valence-corrected chi connectivity index (χ4v) is 3.83. The zero-order valence-electron chi connectivity index (χ0n) is 20.9. The van der Waals surface area contributed by atoms with Gasteiger partial charge < -0.3 is 9.84 Å². The normalized spacial score (nSPS) is 11.4. The van der Waals surface area contributed by atoms with Gasteiger partial charge in [0.15, 0.2) is 5.78 Å². The van der Waals surface area contributed by atoms with E-state index >= 15 is 0 Å². The highest BCUT2D eigenvalue weighted by Crippen LogP contribution is 2.27. The zero-order valence-corrected chi connectivity index (χ0v) is 20.9. The molecule has 184 valence electrons. The van der Waals surface area contributed by atoms with E-state index < -0.39 is 5.97 Å². The van der Waals surface area contributed by atoms with Crippen LogP contribution in [0.2, 0.25) is 0 Å². The molecule has 1 atom stereocenters. The van der Waals surface area contributed by atoms with Gasteiger partial charge in [-0.25, -0.2) is 4.79 Å². The number of carboxylic acid groups (broad SMARTS) is 1. The molecule has 3 rings (SSSR count). The van der Waals surface area contributed by atoms with Crippen LogP contribution in [0.5, 0.6) is 5.75 Å². The van der Waals surface area contributed by atoms with E-state index in [-0.39, 0.29) is 5.78 Å². The summed E-state index contributed by atoms with van der Waals surface area (Å²) in [6, 6.07) is 24.4. The molecule has 3 aromatic carbocycles. The van der Waals surface area contributed by atoms with Crippen molar-refractivity contribution in [1.82, 2.24) is 0 Å². The first-order chi connectivity index (χ1) is 17.0. The molecular formula is C31H36O4. The number of carbonyl (C=O) groups is 2. The van der Waals surface area contributed by atoms with E-state index in [1.807, 2.05) is 78.9 Å². The molecule has 4 heteroatoms. The van der Waals surface area contributed by atoms with Crippen LogP contribution in [0.3, 0.4) is 0 Å². The molecule has 0 bridgehead atoms. The molecule has 0 spiro atoms. The standard InChI is InChI=1S/C18H26O3.C13H10O/c1-4-6-7-14(5-2)12-16-13-15(9-11-18(19)20)8-10-17(16)21-3;14-13(11-7-3-1-4-8-11)12-9-5-2-6-10-12/h8-11,13-14H,4-7,12H2,1-3H3,(H,19,20);1-10H. The first-order valence-electron chi connectivity index (χ1n) is 12.2. The third-order valence-electron chi connectivity index (χ3n) is 5.85. The number of rotatable bonds is 11. The van der Waals surface area contributed by atoms with E-state index in [1.54, 1.807) is 13.2 Å². The number of hydrogen-bond donors (Lipinski definition) is 1.